The van der Waals surface area contributed by atoms with E-state index in [1.165, 1.54) is 0 Å². The van der Waals surface area contributed by atoms with Gasteiger partial charge in [-0.3, -0.25) is 0 Å². The van der Waals surface area contributed by atoms with Gasteiger partial charge in [-0.25, -0.2) is 4.39 Å². The van der Waals surface area contributed by atoms with E-state index in [0.717, 1.165) is 23.3 Å². The summed E-state index contributed by atoms with van der Waals surface area (Å²) in [4.78, 5) is 0. The number of ether oxygens (including phenoxy) is 5. The second kappa shape index (κ2) is 11.5. The highest BCUT2D eigenvalue weighted by Gasteiger charge is 2.46. The number of methoxy groups -OCH3 is 1. The van der Waals surface area contributed by atoms with Crippen molar-refractivity contribution in [3.63, 3.8) is 0 Å². The van der Waals surface area contributed by atoms with Crippen LogP contribution in [0.4, 0.5) is 4.39 Å². The first-order valence-corrected chi connectivity index (χ1v) is 11.9. The molecule has 0 spiro atoms. The first-order valence-electron chi connectivity index (χ1n) is 11.9. The van der Waals surface area contributed by atoms with E-state index in [-0.39, 0.29) is 6.10 Å². The smallest absolute Gasteiger partial charge is 0.157 e. The molecule has 0 amide bonds. The monoisotopic (exact) mass is 492 g/mol. The van der Waals surface area contributed by atoms with Crippen molar-refractivity contribution in [1.29, 1.82) is 0 Å². The molecule has 0 aromatic heterocycles. The zero-order valence-corrected chi connectivity index (χ0v) is 19.9. The molecule has 2 aliphatic heterocycles. The molecule has 9 heteroatoms. The normalized spacial score (nSPS) is 28.6. The number of hydrogen-bond acceptors (Lipinski definition) is 8. The molecule has 3 N–H and O–H groups in total. The molecule has 8 nitrogen and oxygen atoms in total. The summed E-state index contributed by atoms with van der Waals surface area (Å²) < 4.78 is 43.0. The third-order valence-electron chi connectivity index (χ3n) is 6.37. The van der Waals surface area contributed by atoms with Crippen molar-refractivity contribution < 1.29 is 43.4 Å². The summed E-state index contributed by atoms with van der Waals surface area (Å²) in [6.45, 7) is 2.86. The molecule has 2 aliphatic rings. The molecule has 6 atom stereocenters. The van der Waals surface area contributed by atoms with Crippen LogP contribution in [0.5, 0.6) is 17.2 Å². The van der Waals surface area contributed by atoms with Crippen LogP contribution in [-0.2, 0) is 15.9 Å². The van der Waals surface area contributed by atoms with Gasteiger partial charge in [-0.05, 0) is 36.2 Å². The van der Waals surface area contributed by atoms with Crippen molar-refractivity contribution in [3.05, 3.63) is 53.1 Å². The summed E-state index contributed by atoms with van der Waals surface area (Å²) in [5.74, 6) is 1.71. The van der Waals surface area contributed by atoms with Gasteiger partial charge in [0.25, 0.3) is 0 Å². The fourth-order valence-electron chi connectivity index (χ4n) is 4.49. The first kappa shape index (κ1) is 25.7. The second-order valence-electron chi connectivity index (χ2n) is 8.76. The Labute approximate surface area is 204 Å². The topological polar surface area (TPSA) is 107 Å². The predicted octanol–water partition coefficient (Wildman–Crippen LogP) is 2.34. The fourth-order valence-corrected chi connectivity index (χ4v) is 4.49. The van der Waals surface area contributed by atoms with Gasteiger partial charge in [-0.2, -0.15) is 0 Å². The number of rotatable bonds is 9. The maximum Gasteiger partial charge on any atom is 0.157 e. The highest BCUT2D eigenvalue weighted by Crippen LogP contribution is 2.41. The lowest BCUT2D eigenvalue weighted by molar-refractivity contribution is -0.215. The van der Waals surface area contributed by atoms with Gasteiger partial charge in [0.15, 0.2) is 6.17 Å². The van der Waals surface area contributed by atoms with Crippen molar-refractivity contribution in [2.24, 2.45) is 0 Å². The van der Waals surface area contributed by atoms with Crippen LogP contribution in [0, 0.1) is 0 Å². The highest BCUT2D eigenvalue weighted by atomic mass is 19.1. The number of halogens is 1. The van der Waals surface area contributed by atoms with Crippen molar-refractivity contribution in [2.45, 2.75) is 56.5 Å². The molecule has 0 saturated carbocycles. The van der Waals surface area contributed by atoms with Crippen LogP contribution in [0.15, 0.2) is 36.4 Å². The van der Waals surface area contributed by atoms with E-state index in [1.807, 2.05) is 31.2 Å². The predicted molar refractivity (Wildman–Crippen MR) is 125 cm³/mol. The van der Waals surface area contributed by atoms with Gasteiger partial charge in [-0.1, -0.05) is 12.1 Å². The van der Waals surface area contributed by atoms with Gasteiger partial charge >= 0.3 is 0 Å². The Balaban J connectivity index is 1.61. The molecule has 0 bridgehead atoms. The minimum absolute atomic E-state index is 0.0668. The van der Waals surface area contributed by atoms with Crippen molar-refractivity contribution in [1.82, 2.24) is 0 Å². The Morgan fingerprint density at radius 1 is 1.09 bits per heavy atom. The second-order valence-corrected chi connectivity index (χ2v) is 8.76. The van der Waals surface area contributed by atoms with Gasteiger partial charge in [0, 0.05) is 24.5 Å². The lowest BCUT2D eigenvalue weighted by Crippen LogP contribution is -2.53. The van der Waals surface area contributed by atoms with Crippen LogP contribution >= 0.6 is 0 Å². The molecule has 2 fully saturated rings. The van der Waals surface area contributed by atoms with Crippen molar-refractivity contribution in [3.8, 4) is 17.2 Å². The number of hydrogen-bond donors (Lipinski definition) is 3. The van der Waals surface area contributed by atoms with Gasteiger partial charge in [0.1, 0.15) is 47.8 Å². The lowest BCUT2D eigenvalue weighted by Gasteiger charge is -2.39. The van der Waals surface area contributed by atoms with E-state index in [4.69, 9.17) is 23.7 Å². The lowest BCUT2D eigenvalue weighted by atomic mass is 9.90. The van der Waals surface area contributed by atoms with Crippen LogP contribution in [0.1, 0.15) is 36.1 Å². The number of aliphatic hydroxyl groups is 3. The van der Waals surface area contributed by atoms with E-state index < -0.39 is 37.2 Å². The molecule has 2 saturated heterocycles. The molecule has 4 rings (SSSR count). The van der Waals surface area contributed by atoms with E-state index in [1.54, 1.807) is 19.2 Å². The minimum atomic E-state index is -1.98. The SMILES string of the molecule is CCOc1cc(OC)c(Cc2ccc(OC3CCOC3)cc2)cc1[C@@H]1O[C@H](CO)[C@H](O)[C@H](F)[C@@H]1O. The zero-order valence-electron chi connectivity index (χ0n) is 19.9. The van der Waals surface area contributed by atoms with Crippen LogP contribution in [0.25, 0.3) is 0 Å². The van der Waals surface area contributed by atoms with Crippen LogP contribution in [-0.4, -0.2) is 79.4 Å². The average Bonchev–Trinajstić information content (AvgIpc) is 3.38. The molecule has 0 aliphatic carbocycles. The van der Waals surface area contributed by atoms with Gasteiger partial charge < -0.3 is 39.0 Å². The Morgan fingerprint density at radius 2 is 1.86 bits per heavy atom. The maximum absolute atomic E-state index is 14.7. The van der Waals surface area contributed by atoms with Crippen molar-refractivity contribution >= 4 is 0 Å². The van der Waals surface area contributed by atoms with Gasteiger partial charge in [0.05, 0.1) is 33.5 Å². The highest BCUT2D eigenvalue weighted by molar-refractivity contribution is 5.50. The fraction of sp³-hybridized carbons (Fsp3) is 0.538. The molecule has 0 radical (unpaired) electrons. The quantitative estimate of drug-likeness (QED) is 0.490. The molecular weight excluding hydrogens is 459 g/mol. The average molecular weight is 493 g/mol. The van der Waals surface area contributed by atoms with E-state index in [2.05, 4.69) is 0 Å². The molecule has 2 aromatic rings. The third-order valence-corrected chi connectivity index (χ3v) is 6.37. The van der Waals surface area contributed by atoms with Crippen LogP contribution in [0.2, 0.25) is 0 Å². The molecule has 2 heterocycles. The summed E-state index contributed by atoms with van der Waals surface area (Å²) in [5, 5.41) is 30.1. The van der Waals surface area contributed by atoms with E-state index >= 15 is 0 Å². The Hall–Kier alpha value is -2.43. The number of aliphatic hydroxyl groups excluding tert-OH is 3. The molecular formula is C26H33FO8. The summed E-state index contributed by atoms with van der Waals surface area (Å²) >= 11 is 0. The third kappa shape index (κ3) is 5.70. The van der Waals surface area contributed by atoms with E-state index in [9.17, 15) is 19.7 Å². The zero-order chi connectivity index (χ0) is 24.9. The molecule has 35 heavy (non-hydrogen) atoms. The minimum Gasteiger partial charge on any atom is -0.496 e. The molecule has 192 valence electrons. The first-order chi connectivity index (χ1) is 16.9. The molecule has 1 unspecified atom stereocenters. The van der Waals surface area contributed by atoms with Gasteiger partial charge in [-0.15, -0.1) is 0 Å². The summed E-state index contributed by atoms with van der Waals surface area (Å²) in [5.41, 5.74) is 2.19. The Kier molecular flexibility index (Phi) is 8.46. The maximum atomic E-state index is 14.7. The largest absolute Gasteiger partial charge is 0.496 e. The summed E-state index contributed by atoms with van der Waals surface area (Å²) in [6.07, 6.45) is -6.13. The molecule has 2 aromatic carbocycles. The summed E-state index contributed by atoms with van der Waals surface area (Å²) in [6, 6.07) is 11.2. The Morgan fingerprint density at radius 3 is 2.49 bits per heavy atom. The summed E-state index contributed by atoms with van der Waals surface area (Å²) in [7, 11) is 1.55. The van der Waals surface area contributed by atoms with Crippen molar-refractivity contribution in [2.75, 3.05) is 33.5 Å². The number of benzene rings is 2. The number of alkyl halides is 1. The Bertz CT molecular complexity index is 961. The standard InChI is InChI=1S/C26H33FO8/c1-3-33-21-12-20(31-2)16(10-15-4-6-17(7-5-15)34-18-8-9-32-14-18)11-19(21)26-25(30)23(27)24(29)22(13-28)35-26/h4-7,11-12,18,22-26,28-30H,3,8-10,13-14H2,1-2H3/t18?,22-,23+,24+,25+,26+/m1/s1. The van der Waals surface area contributed by atoms with Crippen LogP contribution < -0.4 is 14.2 Å². The van der Waals surface area contributed by atoms with Gasteiger partial charge in [0.2, 0.25) is 0 Å². The van der Waals surface area contributed by atoms with Crippen LogP contribution in [0.3, 0.4) is 0 Å². The van der Waals surface area contributed by atoms with E-state index in [0.29, 0.717) is 43.3 Å².